The number of ether oxygens (including phenoxy) is 2. The first-order valence-corrected chi connectivity index (χ1v) is 9.42. The van der Waals surface area contributed by atoms with Gasteiger partial charge in [-0.2, -0.15) is 0 Å². The Hall–Kier alpha value is -3.06. The number of amides is 2. The maximum atomic E-state index is 12.7. The summed E-state index contributed by atoms with van der Waals surface area (Å²) in [4.78, 5) is 37.8. The predicted octanol–water partition coefficient (Wildman–Crippen LogP) is 3.19. The van der Waals surface area contributed by atoms with Crippen molar-refractivity contribution < 1.29 is 23.9 Å². The molecule has 1 saturated heterocycles. The van der Waals surface area contributed by atoms with Crippen LogP contribution < -0.4 is 15.0 Å². The maximum Gasteiger partial charge on any atom is 0.343 e. The predicted molar refractivity (Wildman–Crippen MR) is 109 cm³/mol. The Bertz CT molecular complexity index is 929. The Kier molecular flexibility index (Phi) is 6.39. The van der Waals surface area contributed by atoms with Crippen molar-refractivity contribution in [3.63, 3.8) is 0 Å². The lowest BCUT2D eigenvalue weighted by atomic mass is 10.1. The Labute approximate surface area is 173 Å². The van der Waals surface area contributed by atoms with Gasteiger partial charge in [-0.25, -0.2) is 4.79 Å². The van der Waals surface area contributed by atoms with Gasteiger partial charge in [0, 0.05) is 29.4 Å². The van der Waals surface area contributed by atoms with Gasteiger partial charge in [-0.1, -0.05) is 11.6 Å². The molecule has 152 valence electrons. The highest BCUT2D eigenvalue weighted by atomic mass is 35.5. The second-order valence-electron chi connectivity index (χ2n) is 6.71. The van der Waals surface area contributed by atoms with E-state index in [9.17, 15) is 14.4 Å². The van der Waals surface area contributed by atoms with E-state index in [-0.39, 0.29) is 24.8 Å². The number of aryl methyl sites for hydroxylation is 1. The van der Waals surface area contributed by atoms with E-state index in [1.807, 2.05) is 6.92 Å². The number of anilines is 2. The first-order valence-electron chi connectivity index (χ1n) is 9.04. The van der Waals surface area contributed by atoms with Crippen molar-refractivity contribution in [1.82, 2.24) is 0 Å². The third-order valence-electron chi connectivity index (χ3n) is 4.67. The minimum atomic E-state index is -0.476. The molecule has 0 radical (unpaired) electrons. The highest BCUT2D eigenvalue weighted by Gasteiger charge is 2.35. The number of rotatable bonds is 6. The molecular weight excluding hydrogens is 396 g/mol. The van der Waals surface area contributed by atoms with E-state index in [1.165, 1.54) is 7.11 Å². The number of hydrogen-bond acceptors (Lipinski definition) is 5. The van der Waals surface area contributed by atoms with Crippen LogP contribution in [0.15, 0.2) is 42.5 Å². The Balaban J connectivity index is 1.62. The van der Waals surface area contributed by atoms with E-state index in [1.54, 1.807) is 47.4 Å². The topological polar surface area (TPSA) is 84.9 Å². The monoisotopic (exact) mass is 416 g/mol. The van der Waals surface area contributed by atoms with Crippen LogP contribution in [0.2, 0.25) is 5.02 Å². The highest BCUT2D eigenvalue weighted by molar-refractivity contribution is 6.30. The highest BCUT2D eigenvalue weighted by Crippen LogP contribution is 2.28. The third-order valence-corrected chi connectivity index (χ3v) is 4.93. The molecule has 1 unspecified atom stereocenters. The zero-order chi connectivity index (χ0) is 21.0. The van der Waals surface area contributed by atoms with Crippen molar-refractivity contribution in [3.05, 3.63) is 53.1 Å². The molecule has 0 aliphatic carbocycles. The molecule has 7 nitrogen and oxygen atoms in total. The van der Waals surface area contributed by atoms with Crippen LogP contribution in [0.3, 0.4) is 0 Å². The van der Waals surface area contributed by atoms with Crippen LogP contribution in [-0.4, -0.2) is 38.0 Å². The molecule has 0 aromatic heterocycles. The average Bonchev–Trinajstić information content (AvgIpc) is 3.10. The molecular formula is C21H21ClN2O5. The van der Waals surface area contributed by atoms with Crippen molar-refractivity contribution in [2.45, 2.75) is 13.3 Å². The van der Waals surface area contributed by atoms with Crippen molar-refractivity contribution >= 4 is 40.8 Å². The number of esters is 1. The Morgan fingerprint density at radius 1 is 1.21 bits per heavy atom. The number of carbonyl (C=O) groups excluding carboxylic acids is 3. The Morgan fingerprint density at radius 3 is 2.59 bits per heavy atom. The van der Waals surface area contributed by atoms with E-state index in [2.05, 4.69) is 10.1 Å². The lowest BCUT2D eigenvalue weighted by molar-refractivity contribution is -0.142. The Morgan fingerprint density at radius 2 is 1.93 bits per heavy atom. The number of carbonyl (C=O) groups is 3. The van der Waals surface area contributed by atoms with Crippen molar-refractivity contribution in [1.29, 1.82) is 0 Å². The van der Waals surface area contributed by atoms with Crippen LogP contribution in [0.5, 0.6) is 5.75 Å². The standard InChI is InChI=1S/C21H21ClN2O5/c1-13-9-17(29-12-20(26)28-2)7-8-18(13)23-21(27)14-10-19(25)24(11-14)16-5-3-15(22)4-6-16/h3-9,14H,10-12H2,1-2H3,(H,23,27). The first-order chi connectivity index (χ1) is 13.9. The number of methoxy groups -OCH3 is 1. The molecule has 2 aromatic rings. The zero-order valence-corrected chi connectivity index (χ0v) is 16.9. The van der Waals surface area contributed by atoms with E-state index in [0.717, 1.165) is 11.3 Å². The molecule has 1 heterocycles. The van der Waals surface area contributed by atoms with Crippen LogP contribution in [0.25, 0.3) is 0 Å². The fourth-order valence-corrected chi connectivity index (χ4v) is 3.18. The molecule has 2 amide bonds. The maximum absolute atomic E-state index is 12.7. The number of hydrogen-bond donors (Lipinski definition) is 1. The van der Waals surface area contributed by atoms with E-state index >= 15 is 0 Å². The molecule has 1 aliphatic heterocycles. The molecule has 1 N–H and O–H groups in total. The third kappa shape index (κ3) is 5.06. The summed E-state index contributed by atoms with van der Waals surface area (Å²) in [6.07, 6.45) is 0.147. The normalized spacial score (nSPS) is 15.9. The molecule has 8 heteroatoms. The molecule has 1 fully saturated rings. The van der Waals surface area contributed by atoms with Crippen LogP contribution >= 0.6 is 11.6 Å². The zero-order valence-electron chi connectivity index (χ0n) is 16.1. The van der Waals surface area contributed by atoms with Gasteiger partial charge in [0.15, 0.2) is 6.61 Å². The molecule has 29 heavy (non-hydrogen) atoms. The van der Waals surface area contributed by atoms with Gasteiger partial charge >= 0.3 is 5.97 Å². The summed E-state index contributed by atoms with van der Waals surface area (Å²) in [5.41, 5.74) is 2.12. The minimum absolute atomic E-state index is 0.101. The fourth-order valence-electron chi connectivity index (χ4n) is 3.06. The van der Waals surface area contributed by atoms with Gasteiger partial charge in [0.05, 0.1) is 13.0 Å². The summed E-state index contributed by atoms with van der Waals surface area (Å²) < 4.78 is 9.87. The summed E-state index contributed by atoms with van der Waals surface area (Å²) in [6, 6.07) is 12.0. The van der Waals surface area contributed by atoms with Gasteiger partial charge < -0.3 is 19.7 Å². The van der Waals surface area contributed by atoms with Crippen LogP contribution in [-0.2, 0) is 19.1 Å². The van der Waals surface area contributed by atoms with Gasteiger partial charge in [-0.3, -0.25) is 9.59 Å². The number of nitrogens with zero attached hydrogens (tertiary/aromatic N) is 1. The first kappa shape index (κ1) is 20.7. The molecule has 1 aliphatic rings. The number of benzene rings is 2. The summed E-state index contributed by atoms with van der Waals surface area (Å²) in [5, 5.41) is 3.46. The van der Waals surface area contributed by atoms with E-state index in [0.29, 0.717) is 23.0 Å². The summed E-state index contributed by atoms with van der Waals surface area (Å²) in [5.74, 6) is -0.753. The smallest absolute Gasteiger partial charge is 0.343 e. The lowest BCUT2D eigenvalue weighted by Crippen LogP contribution is -2.28. The molecule has 0 spiro atoms. The second kappa shape index (κ2) is 8.96. The quantitative estimate of drug-likeness (QED) is 0.731. The van der Waals surface area contributed by atoms with Crippen LogP contribution in [0, 0.1) is 12.8 Å². The molecule has 3 rings (SSSR count). The van der Waals surface area contributed by atoms with Gasteiger partial charge in [-0.15, -0.1) is 0 Å². The van der Waals surface area contributed by atoms with Crippen molar-refractivity contribution in [3.8, 4) is 5.75 Å². The SMILES string of the molecule is COC(=O)COc1ccc(NC(=O)C2CC(=O)N(c3ccc(Cl)cc3)C2)c(C)c1. The van der Waals surface area contributed by atoms with E-state index < -0.39 is 11.9 Å². The second-order valence-corrected chi connectivity index (χ2v) is 7.15. The van der Waals surface area contributed by atoms with Gasteiger partial charge in [-0.05, 0) is 55.0 Å². The van der Waals surface area contributed by atoms with Crippen molar-refractivity contribution in [2.75, 3.05) is 30.5 Å². The van der Waals surface area contributed by atoms with E-state index in [4.69, 9.17) is 16.3 Å². The molecule has 0 saturated carbocycles. The minimum Gasteiger partial charge on any atom is -0.482 e. The summed E-state index contributed by atoms with van der Waals surface area (Å²) >= 11 is 5.89. The molecule has 1 atom stereocenters. The summed E-state index contributed by atoms with van der Waals surface area (Å²) in [6.45, 7) is 1.94. The molecule has 0 bridgehead atoms. The summed E-state index contributed by atoms with van der Waals surface area (Å²) in [7, 11) is 1.29. The fraction of sp³-hybridized carbons (Fsp3) is 0.286. The van der Waals surface area contributed by atoms with Crippen LogP contribution in [0.1, 0.15) is 12.0 Å². The average molecular weight is 417 g/mol. The van der Waals surface area contributed by atoms with Crippen molar-refractivity contribution in [2.24, 2.45) is 5.92 Å². The van der Waals surface area contributed by atoms with Gasteiger partial charge in [0.1, 0.15) is 5.75 Å². The van der Waals surface area contributed by atoms with Gasteiger partial charge in [0.2, 0.25) is 11.8 Å². The molecule has 2 aromatic carbocycles. The number of nitrogens with one attached hydrogen (secondary N) is 1. The number of halogens is 1. The van der Waals surface area contributed by atoms with Gasteiger partial charge in [0.25, 0.3) is 0 Å². The lowest BCUT2D eigenvalue weighted by Gasteiger charge is -2.17. The van der Waals surface area contributed by atoms with Crippen LogP contribution in [0.4, 0.5) is 11.4 Å². The largest absolute Gasteiger partial charge is 0.482 e.